The third-order valence-corrected chi connectivity index (χ3v) is 2.68. The van der Waals surface area contributed by atoms with Crippen molar-refractivity contribution in [2.45, 2.75) is 32.4 Å². The van der Waals surface area contributed by atoms with Crippen molar-refractivity contribution in [3.63, 3.8) is 0 Å². The highest BCUT2D eigenvalue weighted by atomic mass is 16.5. The molecule has 1 fully saturated rings. The minimum Gasteiger partial charge on any atom is -0.474 e. The summed E-state index contributed by atoms with van der Waals surface area (Å²) in [7, 11) is 0. The van der Waals surface area contributed by atoms with Gasteiger partial charge in [-0.3, -0.25) is 4.98 Å². The van der Waals surface area contributed by atoms with Gasteiger partial charge in [-0.25, -0.2) is 4.98 Å². The number of hydrogen-bond donors (Lipinski definition) is 1. The summed E-state index contributed by atoms with van der Waals surface area (Å²) in [5.41, 5.74) is 0.927. The fourth-order valence-corrected chi connectivity index (χ4v) is 1.72. The predicted molar refractivity (Wildman–Crippen MR) is 63.9 cm³/mol. The van der Waals surface area contributed by atoms with Gasteiger partial charge in [0.2, 0.25) is 5.88 Å². The molecule has 94 valence electrons. The third kappa shape index (κ3) is 3.94. The molecule has 5 heteroatoms. The Labute approximate surface area is 102 Å². The van der Waals surface area contributed by atoms with Gasteiger partial charge in [0.1, 0.15) is 6.61 Å². The van der Waals surface area contributed by atoms with Crippen LogP contribution in [0.2, 0.25) is 0 Å². The highest BCUT2D eigenvalue weighted by molar-refractivity contribution is 5.07. The average Bonchev–Trinajstić information content (AvgIpc) is 2.88. The Balaban J connectivity index is 1.76. The van der Waals surface area contributed by atoms with Crippen molar-refractivity contribution < 1.29 is 9.47 Å². The Hall–Kier alpha value is -1.20. The van der Waals surface area contributed by atoms with E-state index in [1.807, 2.05) is 0 Å². The van der Waals surface area contributed by atoms with Gasteiger partial charge in [-0.15, -0.1) is 0 Å². The van der Waals surface area contributed by atoms with Crippen LogP contribution in [0.25, 0.3) is 0 Å². The molecule has 0 amide bonds. The maximum Gasteiger partial charge on any atom is 0.232 e. The first-order valence-corrected chi connectivity index (χ1v) is 6.14. The van der Waals surface area contributed by atoms with Crippen molar-refractivity contribution in [3.8, 4) is 5.88 Å². The van der Waals surface area contributed by atoms with E-state index in [0.717, 1.165) is 38.2 Å². The number of aromatic nitrogens is 2. The number of hydrogen-bond acceptors (Lipinski definition) is 5. The van der Waals surface area contributed by atoms with Gasteiger partial charge in [-0.2, -0.15) is 0 Å². The fourth-order valence-electron chi connectivity index (χ4n) is 1.72. The molecule has 1 atom stereocenters. The van der Waals surface area contributed by atoms with E-state index >= 15 is 0 Å². The highest BCUT2D eigenvalue weighted by Gasteiger charge is 2.16. The van der Waals surface area contributed by atoms with Crippen LogP contribution >= 0.6 is 0 Å². The van der Waals surface area contributed by atoms with Crippen LogP contribution in [-0.2, 0) is 11.3 Å². The fraction of sp³-hybridized carbons (Fsp3) is 0.667. The smallest absolute Gasteiger partial charge is 0.232 e. The van der Waals surface area contributed by atoms with Crippen molar-refractivity contribution in [2.24, 2.45) is 0 Å². The lowest BCUT2D eigenvalue weighted by Gasteiger charge is -2.10. The predicted octanol–water partition coefficient (Wildman–Crippen LogP) is 1.14. The van der Waals surface area contributed by atoms with E-state index in [1.54, 1.807) is 12.4 Å². The van der Waals surface area contributed by atoms with Gasteiger partial charge in [0, 0.05) is 13.2 Å². The summed E-state index contributed by atoms with van der Waals surface area (Å²) in [4.78, 5) is 8.48. The molecule has 5 nitrogen and oxygen atoms in total. The second-order valence-electron chi connectivity index (χ2n) is 4.07. The molecule has 0 aromatic carbocycles. The molecule has 1 saturated heterocycles. The summed E-state index contributed by atoms with van der Waals surface area (Å²) in [5, 5.41) is 3.20. The second-order valence-corrected chi connectivity index (χ2v) is 4.07. The van der Waals surface area contributed by atoms with E-state index in [2.05, 4.69) is 22.2 Å². The van der Waals surface area contributed by atoms with Gasteiger partial charge < -0.3 is 14.8 Å². The molecule has 0 aliphatic carbocycles. The van der Waals surface area contributed by atoms with E-state index < -0.39 is 0 Å². The van der Waals surface area contributed by atoms with Crippen LogP contribution in [0.5, 0.6) is 5.88 Å². The van der Waals surface area contributed by atoms with E-state index in [-0.39, 0.29) is 6.10 Å². The largest absolute Gasteiger partial charge is 0.474 e. The van der Waals surface area contributed by atoms with Crippen LogP contribution < -0.4 is 10.1 Å². The van der Waals surface area contributed by atoms with E-state index in [0.29, 0.717) is 12.5 Å². The Kier molecular flexibility index (Phi) is 4.70. The molecule has 1 aromatic rings. The minimum absolute atomic E-state index is 0.221. The number of nitrogens with one attached hydrogen (secondary N) is 1. The van der Waals surface area contributed by atoms with Crippen molar-refractivity contribution in [2.75, 3.05) is 19.8 Å². The summed E-state index contributed by atoms with van der Waals surface area (Å²) in [6, 6.07) is 0. The van der Waals surface area contributed by atoms with Crippen LogP contribution in [0.1, 0.15) is 25.5 Å². The topological polar surface area (TPSA) is 56.3 Å². The second kappa shape index (κ2) is 6.51. The Bertz CT molecular complexity index is 323. The molecular formula is C12H19N3O2. The van der Waals surface area contributed by atoms with Gasteiger partial charge in [0.15, 0.2) is 0 Å². The van der Waals surface area contributed by atoms with Gasteiger partial charge in [0.25, 0.3) is 0 Å². The van der Waals surface area contributed by atoms with Gasteiger partial charge in [0.05, 0.1) is 24.2 Å². The Morgan fingerprint density at radius 1 is 1.47 bits per heavy atom. The monoisotopic (exact) mass is 237 g/mol. The summed E-state index contributed by atoms with van der Waals surface area (Å²) >= 11 is 0. The van der Waals surface area contributed by atoms with Crippen LogP contribution in [0.3, 0.4) is 0 Å². The van der Waals surface area contributed by atoms with Crippen LogP contribution in [0.15, 0.2) is 12.4 Å². The SMILES string of the molecule is CCNCc1cnc(OCC2CCCO2)cn1. The third-order valence-electron chi connectivity index (χ3n) is 2.68. The van der Waals surface area contributed by atoms with Gasteiger partial charge in [-0.05, 0) is 19.4 Å². The van der Waals surface area contributed by atoms with E-state index in [4.69, 9.17) is 9.47 Å². The normalized spacial score (nSPS) is 19.5. The highest BCUT2D eigenvalue weighted by Crippen LogP contribution is 2.13. The first-order valence-electron chi connectivity index (χ1n) is 6.14. The Morgan fingerprint density at radius 3 is 3.06 bits per heavy atom. The quantitative estimate of drug-likeness (QED) is 0.804. The molecule has 17 heavy (non-hydrogen) atoms. The van der Waals surface area contributed by atoms with Crippen molar-refractivity contribution >= 4 is 0 Å². The molecule has 1 aliphatic heterocycles. The van der Waals surface area contributed by atoms with Crippen molar-refractivity contribution in [1.82, 2.24) is 15.3 Å². The molecule has 0 spiro atoms. The molecule has 1 aromatic heterocycles. The molecule has 0 radical (unpaired) electrons. The molecule has 2 rings (SSSR count). The molecule has 0 bridgehead atoms. The summed E-state index contributed by atoms with van der Waals surface area (Å²) in [6.07, 6.45) is 5.83. The maximum absolute atomic E-state index is 5.53. The molecule has 1 unspecified atom stereocenters. The molecule has 2 heterocycles. The van der Waals surface area contributed by atoms with Gasteiger partial charge in [-0.1, -0.05) is 6.92 Å². The zero-order valence-electron chi connectivity index (χ0n) is 10.2. The van der Waals surface area contributed by atoms with E-state index in [1.165, 1.54) is 0 Å². The first kappa shape index (κ1) is 12.3. The number of ether oxygens (including phenoxy) is 2. The Morgan fingerprint density at radius 2 is 2.41 bits per heavy atom. The van der Waals surface area contributed by atoms with Crippen LogP contribution in [-0.4, -0.2) is 35.8 Å². The number of nitrogens with zero attached hydrogens (tertiary/aromatic N) is 2. The average molecular weight is 237 g/mol. The molecule has 1 aliphatic rings. The molecule has 1 N–H and O–H groups in total. The standard InChI is InChI=1S/C12H19N3O2/c1-2-13-6-10-7-15-12(8-14-10)17-9-11-4-3-5-16-11/h7-8,11,13H,2-6,9H2,1H3. The summed E-state index contributed by atoms with van der Waals surface area (Å²) in [6.45, 7) is 5.16. The minimum atomic E-state index is 0.221. The van der Waals surface area contributed by atoms with Crippen molar-refractivity contribution in [1.29, 1.82) is 0 Å². The number of rotatable bonds is 6. The molecular weight excluding hydrogens is 218 g/mol. The first-order chi connectivity index (χ1) is 8.38. The zero-order chi connectivity index (χ0) is 11.9. The van der Waals surface area contributed by atoms with Crippen LogP contribution in [0, 0.1) is 0 Å². The lowest BCUT2D eigenvalue weighted by molar-refractivity contribution is 0.0661. The lowest BCUT2D eigenvalue weighted by Crippen LogP contribution is -2.17. The van der Waals surface area contributed by atoms with Crippen LogP contribution in [0.4, 0.5) is 0 Å². The van der Waals surface area contributed by atoms with E-state index in [9.17, 15) is 0 Å². The van der Waals surface area contributed by atoms with Gasteiger partial charge >= 0.3 is 0 Å². The lowest BCUT2D eigenvalue weighted by atomic mass is 10.2. The maximum atomic E-state index is 5.53. The summed E-state index contributed by atoms with van der Waals surface area (Å²) in [5.74, 6) is 0.570. The molecule has 0 saturated carbocycles. The van der Waals surface area contributed by atoms with Crippen molar-refractivity contribution in [3.05, 3.63) is 18.1 Å². The zero-order valence-corrected chi connectivity index (χ0v) is 10.2. The summed E-state index contributed by atoms with van der Waals surface area (Å²) < 4.78 is 11.0.